The molecule has 1 atom stereocenters. The maximum absolute atomic E-state index is 10.6. The summed E-state index contributed by atoms with van der Waals surface area (Å²) in [6.45, 7) is 2.69. The van der Waals surface area contributed by atoms with Crippen molar-refractivity contribution < 1.29 is 9.66 Å². The lowest BCUT2D eigenvalue weighted by Crippen LogP contribution is -2.18. The molecule has 0 saturated heterocycles. The average molecular weight is 286 g/mol. The molecule has 0 radical (unpaired) electrons. The third-order valence-electron chi connectivity index (χ3n) is 3.36. The van der Waals surface area contributed by atoms with Crippen LogP contribution in [0.25, 0.3) is 0 Å². The lowest BCUT2D eigenvalue weighted by molar-refractivity contribution is -0.384. The van der Waals surface area contributed by atoms with Crippen LogP contribution in [0.4, 0.5) is 5.69 Å². The molecule has 0 saturated carbocycles. The quantitative estimate of drug-likeness (QED) is 0.652. The summed E-state index contributed by atoms with van der Waals surface area (Å²) >= 11 is 0. The monoisotopic (exact) mass is 286 g/mol. The van der Waals surface area contributed by atoms with Crippen LogP contribution in [-0.4, -0.2) is 12.0 Å². The molecule has 2 aromatic rings. The Morgan fingerprint density at radius 3 is 2.48 bits per heavy atom. The highest BCUT2D eigenvalue weighted by molar-refractivity contribution is 5.36. The molecule has 0 aliphatic carbocycles. The van der Waals surface area contributed by atoms with Gasteiger partial charge in [0, 0.05) is 30.3 Å². The van der Waals surface area contributed by atoms with Crippen LogP contribution in [0.5, 0.6) is 5.75 Å². The van der Waals surface area contributed by atoms with Gasteiger partial charge in [0.15, 0.2) is 0 Å². The molecule has 0 amide bonds. The summed E-state index contributed by atoms with van der Waals surface area (Å²) < 4.78 is 5.35. The van der Waals surface area contributed by atoms with E-state index in [9.17, 15) is 10.1 Å². The largest absolute Gasteiger partial charge is 0.496 e. The zero-order valence-corrected chi connectivity index (χ0v) is 12.1. The number of hydrogen-bond donors (Lipinski definition) is 1. The van der Waals surface area contributed by atoms with Crippen LogP contribution < -0.4 is 10.1 Å². The van der Waals surface area contributed by atoms with Gasteiger partial charge in [-0.2, -0.15) is 0 Å². The van der Waals surface area contributed by atoms with E-state index in [1.54, 1.807) is 19.2 Å². The number of nitro benzene ring substituents is 1. The molecular formula is C16H18N2O3. The van der Waals surface area contributed by atoms with E-state index in [4.69, 9.17) is 4.74 Å². The third-order valence-corrected chi connectivity index (χ3v) is 3.36. The summed E-state index contributed by atoms with van der Waals surface area (Å²) in [5, 5.41) is 14.0. The van der Waals surface area contributed by atoms with Gasteiger partial charge in [0.2, 0.25) is 0 Å². The Morgan fingerprint density at radius 2 is 1.86 bits per heavy atom. The lowest BCUT2D eigenvalue weighted by atomic mass is 10.1. The fraction of sp³-hybridized carbons (Fsp3) is 0.250. The molecule has 0 bridgehead atoms. The summed E-state index contributed by atoms with van der Waals surface area (Å²) in [6, 6.07) is 14.5. The lowest BCUT2D eigenvalue weighted by Gasteiger charge is -2.17. The fourth-order valence-corrected chi connectivity index (χ4v) is 2.14. The van der Waals surface area contributed by atoms with E-state index in [0.717, 1.165) is 16.9 Å². The number of hydrogen-bond acceptors (Lipinski definition) is 4. The maximum atomic E-state index is 10.6. The van der Waals surface area contributed by atoms with Crippen molar-refractivity contribution in [1.82, 2.24) is 5.32 Å². The molecule has 1 N–H and O–H groups in total. The number of methoxy groups -OCH3 is 1. The Labute approximate surface area is 123 Å². The SMILES string of the molecule is COc1ccccc1[C@H](C)NCc1ccc([N+](=O)[O-])cc1. The second-order valence-corrected chi connectivity index (χ2v) is 4.77. The van der Waals surface area contributed by atoms with Gasteiger partial charge in [-0.3, -0.25) is 10.1 Å². The fourth-order valence-electron chi connectivity index (χ4n) is 2.14. The highest BCUT2D eigenvalue weighted by Crippen LogP contribution is 2.24. The number of non-ortho nitro benzene ring substituents is 1. The van der Waals surface area contributed by atoms with E-state index in [2.05, 4.69) is 12.2 Å². The van der Waals surface area contributed by atoms with Gasteiger partial charge in [-0.25, -0.2) is 0 Å². The minimum Gasteiger partial charge on any atom is -0.496 e. The van der Waals surface area contributed by atoms with Crippen LogP contribution in [-0.2, 0) is 6.54 Å². The van der Waals surface area contributed by atoms with Crippen molar-refractivity contribution in [3.63, 3.8) is 0 Å². The molecule has 0 spiro atoms. The molecular weight excluding hydrogens is 268 g/mol. The Bertz CT molecular complexity index is 611. The van der Waals surface area contributed by atoms with Gasteiger partial charge in [-0.15, -0.1) is 0 Å². The molecule has 2 aromatic carbocycles. The average Bonchev–Trinajstić information content (AvgIpc) is 2.52. The van der Waals surface area contributed by atoms with Gasteiger partial charge in [0.1, 0.15) is 5.75 Å². The highest BCUT2D eigenvalue weighted by atomic mass is 16.6. The molecule has 110 valence electrons. The van der Waals surface area contributed by atoms with Crippen molar-refractivity contribution in [1.29, 1.82) is 0 Å². The molecule has 2 rings (SSSR count). The first-order chi connectivity index (χ1) is 10.1. The molecule has 0 heterocycles. The smallest absolute Gasteiger partial charge is 0.269 e. The van der Waals surface area contributed by atoms with Crippen molar-refractivity contribution >= 4 is 5.69 Å². The van der Waals surface area contributed by atoms with Gasteiger partial charge in [-0.05, 0) is 18.6 Å². The van der Waals surface area contributed by atoms with Crippen LogP contribution in [0.2, 0.25) is 0 Å². The second kappa shape index (κ2) is 6.85. The van der Waals surface area contributed by atoms with E-state index in [-0.39, 0.29) is 11.7 Å². The molecule has 21 heavy (non-hydrogen) atoms. The predicted molar refractivity (Wildman–Crippen MR) is 81.3 cm³/mol. The summed E-state index contributed by atoms with van der Waals surface area (Å²) in [4.78, 5) is 10.2. The van der Waals surface area contributed by atoms with Gasteiger partial charge < -0.3 is 10.1 Å². The van der Waals surface area contributed by atoms with E-state index in [1.807, 2.05) is 24.3 Å². The Kier molecular flexibility index (Phi) is 4.90. The normalized spacial score (nSPS) is 11.9. The number of nitrogens with one attached hydrogen (secondary N) is 1. The summed E-state index contributed by atoms with van der Waals surface area (Å²) in [7, 11) is 1.65. The van der Waals surface area contributed by atoms with Crippen LogP contribution in [0, 0.1) is 10.1 Å². The van der Waals surface area contributed by atoms with Gasteiger partial charge in [-0.1, -0.05) is 30.3 Å². The van der Waals surface area contributed by atoms with E-state index >= 15 is 0 Å². The number of ether oxygens (including phenoxy) is 1. The minimum atomic E-state index is -0.394. The van der Waals surface area contributed by atoms with Crippen LogP contribution >= 0.6 is 0 Å². The summed E-state index contributed by atoms with van der Waals surface area (Å²) in [5.74, 6) is 0.848. The molecule has 0 fully saturated rings. The zero-order valence-electron chi connectivity index (χ0n) is 12.1. The van der Waals surface area contributed by atoms with Crippen molar-refractivity contribution in [2.45, 2.75) is 19.5 Å². The Morgan fingerprint density at radius 1 is 1.19 bits per heavy atom. The molecule has 0 aliphatic heterocycles. The Hall–Kier alpha value is -2.40. The first-order valence-electron chi connectivity index (χ1n) is 6.71. The van der Waals surface area contributed by atoms with Gasteiger partial charge in [0.25, 0.3) is 5.69 Å². The predicted octanol–water partition coefficient (Wildman–Crippen LogP) is 3.45. The maximum Gasteiger partial charge on any atom is 0.269 e. The number of benzene rings is 2. The van der Waals surface area contributed by atoms with Crippen molar-refractivity contribution in [2.75, 3.05) is 7.11 Å². The Balaban J connectivity index is 2.00. The van der Waals surface area contributed by atoms with Gasteiger partial charge >= 0.3 is 0 Å². The van der Waals surface area contributed by atoms with Crippen LogP contribution in [0.3, 0.4) is 0 Å². The van der Waals surface area contributed by atoms with Crippen LogP contribution in [0.15, 0.2) is 48.5 Å². The number of nitro groups is 1. The van der Waals surface area contributed by atoms with Crippen molar-refractivity contribution in [2.24, 2.45) is 0 Å². The standard InChI is InChI=1S/C16H18N2O3/c1-12(15-5-3-4-6-16(15)21-2)17-11-13-7-9-14(10-8-13)18(19)20/h3-10,12,17H,11H2,1-2H3/t12-/m0/s1. The third kappa shape index (κ3) is 3.79. The second-order valence-electron chi connectivity index (χ2n) is 4.77. The topological polar surface area (TPSA) is 64.4 Å². The summed E-state index contributed by atoms with van der Waals surface area (Å²) in [6.07, 6.45) is 0. The first-order valence-corrected chi connectivity index (χ1v) is 6.71. The summed E-state index contributed by atoms with van der Waals surface area (Å²) in [5.41, 5.74) is 2.20. The highest BCUT2D eigenvalue weighted by Gasteiger charge is 2.10. The minimum absolute atomic E-state index is 0.108. The van der Waals surface area contributed by atoms with Gasteiger partial charge in [0.05, 0.1) is 12.0 Å². The zero-order chi connectivity index (χ0) is 15.2. The molecule has 0 aromatic heterocycles. The number of rotatable bonds is 6. The van der Waals surface area contributed by atoms with E-state index < -0.39 is 4.92 Å². The molecule has 0 aliphatic rings. The van der Waals surface area contributed by atoms with Crippen LogP contribution in [0.1, 0.15) is 24.1 Å². The van der Waals surface area contributed by atoms with Crippen molar-refractivity contribution in [3.8, 4) is 5.75 Å². The molecule has 5 heteroatoms. The molecule has 5 nitrogen and oxygen atoms in total. The number of para-hydroxylation sites is 1. The van der Waals surface area contributed by atoms with E-state index in [1.165, 1.54) is 12.1 Å². The number of nitrogens with zero attached hydrogens (tertiary/aromatic N) is 1. The molecule has 0 unspecified atom stereocenters. The van der Waals surface area contributed by atoms with E-state index in [0.29, 0.717) is 6.54 Å². The van der Waals surface area contributed by atoms with Crippen molar-refractivity contribution in [3.05, 3.63) is 69.8 Å². The first kappa shape index (κ1) is 15.0.